The van der Waals surface area contributed by atoms with Gasteiger partial charge in [-0.05, 0) is 43.5 Å². The molecule has 114 valence electrons. The Balaban J connectivity index is 1.99. The maximum Gasteiger partial charge on any atom is 0.165 e. The highest BCUT2D eigenvalue weighted by Gasteiger charge is 2.05. The molecule has 0 saturated carbocycles. The van der Waals surface area contributed by atoms with E-state index in [0.29, 0.717) is 0 Å². The third-order valence-corrected chi connectivity index (χ3v) is 3.29. The average molecular weight is 287 g/mol. The van der Waals surface area contributed by atoms with E-state index in [9.17, 15) is 0 Å². The van der Waals surface area contributed by atoms with Gasteiger partial charge in [0.15, 0.2) is 5.75 Å². The van der Waals surface area contributed by atoms with Crippen molar-refractivity contribution >= 4 is 0 Å². The Kier molecular flexibility index (Phi) is 5.81. The van der Waals surface area contributed by atoms with Crippen LogP contribution in [0.1, 0.15) is 37.8 Å². The maximum atomic E-state index is 5.91. The summed E-state index contributed by atoms with van der Waals surface area (Å²) in [5, 5.41) is 7.69. The van der Waals surface area contributed by atoms with E-state index in [1.807, 2.05) is 16.9 Å². The van der Waals surface area contributed by atoms with Gasteiger partial charge in [0.25, 0.3) is 0 Å². The Bertz CT molecular complexity index is 563. The lowest BCUT2D eigenvalue weighted by molar-refractivity contribution is 0.476. The molecule has 21 heavy (non-hydrogen) atoms. The van der Waals surface area contributed by atoms with Crippen LogP contribution in [0.5, 0.6) is 11.5 Å². The maximum absolute atomic E-state index is 5.91. The number of aryl methyl sites for hydroxylation is 2. The van der Waals surface area contributed by atoms with Crippen molar-refractivity contribution in [3.63, 3.8) is 0 Å². The molecule has 0 amide bonds. The number of nitrogens with one attached hydrogen (secondary N) is 1. The van der Waals surface area contributed by atoms with E-state index in [1.165, 1.54) is 5.56 Å². The highest BCUT2D eigenvalue weighted by atomic mass is 16.5. The van der Waals surface area contributed by atoms with Gasteiger partial charge in [0.1, 0.15) is 5.75 Å². The fourth-order valence-corrected chi connectivity index (χ4v) is 2.22. The first-order chi connectivity index (χ1) is 10.2. The second kappa shape index (κ2) is 7.84. The van der Waals surface area contributed by atoms with Gasteiger partial charge >= 0.3 is 0 Å². The van der Waals surface area contributed by atoms with Gasteiger partial charge in [0, 0.05) is 13.1 Å². The van der Waals surface area contributed by atoms with Crippen molar-refractivity contribution in [3.05, 3.63) is 41.7 Å². The molecule has 0 spiro atoms. The van der Waals surface area contributed by atoms with Gasteiger partial charge in [-0.15, -0.1) is 0 Å². The monoisotopic (exact) mass is 287 g/mol. The molecule has 2 aromatic rings. The van der Waals surface area contributed by atoms with Crippen molar-refractivity contribution in [2.45, 2.75) is 46.7 Å². The SMILES string of the molecule is CCCNCc1ccc(Oc2cnn(CCC)c2)c(C)c1. The highest BCUT2D eigenvalue weighted by Crippen LogP contribution is 2.25. The number of hydrogen-bond donors (Lipinski definition) is 1. The number of benzene rings is 1. The topological polar surface area (TPSA) is 39.1 Å². The fourth-order valence-electron chi connectivity index (χ4n) is 2.22. The van der Waals surface area contributed by atoms with Gasteiger partial charge in [-0.2, -0.15) is 5.10 Å². The number of aromatic nitrogens is 2. The van der Waals surface area contributed by atoms with E-state index in [1.54, 1.807) is 6.20 Å². The Morgan fingerprint density at radius 2 is 2.10 bits per heavy atom. The lowest BCUT2D eigenvalue weighted by Crippen LogP contribution is -2.13. The summed E-state index contributed by atoms with van der Waals surface area (Å²) in [6, 6.07) is 6.32. The Morgan fingerprint density at radius 3 is 2.81 bits per heavy atom. The molecular weight excluding hydrogens is 262 g/mol. The van der Waals surface area contributed by atoms with Crippen LogP contribution in [0, 0.1) is 6.92 Å². The summed E-state index contributed by atoms with van der Waals surface area (Å²) >= 11 is 0. The molecule has 0 fully saturated rings. The van der Waals surface area contributed by atoms with Crippen LogP contribution < -0.4 is 10.1 Å². The van der Waals surface area contributed by atoms with E-state index >= 15 is 0 Å². The second-order valence-corrected chi connectivity index (χ2v) is 5.32. The highest BCUT2D eigenvalue weighted by molar-refractivity contribution is 5.38. The number of hydrogen-bond acceptors (Lipinski definition) is 3. The van der Waals surface area contributed by atoms with Crippen molar-refractivity contribution in [1.82, 2.24) is 15.1 Å². The Labute approximate surface area is 127 Å². The van der Waals surface area contributed by atoms with Crippen LogP contribution >= 0.6 is 0 Å². The Hall–Kier alpha value is -1.81. The van der Waals surface area contributed by atoms with Crippen LogP contribution in [0.25, 0.3) is 0 Å². The minimum atomic E-state index is 0.795. The molecule has 0 bridgehead atoms. The van der Waals surface area contributed by atoms with Crippen LogP contribution in [0.4, 0.5) is 0 Å². The lowest BCUT2D eigenvalue weighted by Gasteiger charge is -2.09. The minimum absolute atomic E-state index is 0.795. The number of ether oxygens (including phenoxy) is 1. The standard InChI is InChI=1S/C17H25N3O/c1-4-8-18-11-15-6-7-17(14(3)10-15)21-16-12-19-20(13-16)9-5-2/h6-7,10,12-13,18H,4-5,8-9,11H2,1-3H3. The van der Waals surface area contributed by atoms with Crippen LogP contribution in [0.3, 0.4) is 0 Å². The van der Waals surface area contributed by atoms with E-state index in [-0.39, 0.29) is 0 Å². The summed E-state index contributed by atoms with van der Waals surface area (Å²) < 4.78 is 7.82. The molecule has 2 rings (SSSR count). The third kappa shape index (κ3) is 4.60. The third-order valence-electron chi connectivity index (χ3n) is 3.29. The van der Waals surface area contributed by atoms with Gasteiger partial charge in [-0.3, -0.25) is 4.68 Å². The first-order valence-corrected chi connectivity index (χ1v) is 7.73. The van der Waals surface area contributed by atoms with Crippen molar-refractivity contribution in [2.24, 2.45) is 0 Å². The molecule has 0 aliphatic rings. The largest absolute Gasteiger partial charge is 0.454 e. The van der Waals surface area contributed by atoms with Crippen molar-refractivity contribution in [3.8, 4) is 11.5 Å². The zero-order valence-electron chi connectivity index (χ0n) is 13.2. The Morgan fingerprint density at radius 1 is 1.24 bits per heavy atom. The summed E-state index contributed by atoms with van der Waals surface area (Å²) in [5.74, 6) is 1.69. The molecular formula is C17H25N3O. The van der Waals surface area contributed by atoms with Crippen LogP contribution in [-0.4, -0.2) is 16.3 Å². The zero-order chi connectivity index (χ0) is 15.1. The first kappa shape index (κ1) is 15.6. The minimum Gasteiger partial charge on any atom is -0.454 e. The van der Waals surface area contributed by atoms with Crippen LogP contribution in [-0.2, 0) is 13.1 Å². The van der Waals surface area contributed by atoms with Crippen molar-refractivity contribution in [2.75, 3.05) is 6.54 Å². The molecule has 1 aromatic carbocycles. The van der Waals surface area contributed by atoms with Gasteiger partial charge in [0.05, 0.1) is 12.4 Å². The van der Waals surface area contributed by atoms with E-state index in [4.69, 9.17) is 4.74 Å². The molecule has 0 unspecified atom stereocenters. The quantitative estimate of drug-likeness (QED) is 0.749. The van der Waals surface area contributed by atoms with Crippen LogP contribution in [0.2, 0.25) is 0 Å². The van der Waals surface area contributed by atoms with Gasteiger partial charge in [0.2, 0.25) is 0 Å². The predicted molar refractivity (Wildman–Crippen MR) is 85.8 cm³/mol. The average Bonchev–Trinajstić information content (AvgIpc) is 2.90. The van der Waals surface area contributed by atoms with E-state index < -0.39 is 0 Å². The molecule has 1 heterocycles. The summed E-state index contributed by atoms with van der Waals surface area (Å²) in [5.41, 5.74) is 2.43. The van der Waals surface area contributed by atoms with E-state index in [2.05, 4.69) is 43.3 Å². The summed E-state index contributed by atoms with van der Waals surface area (Å²) in [7, 11) is 0. The summed E-state index contributed by atoms with van der Waals surface area (Å²) in [6.07, 6.45) is 5.94. The van der Waals surface area contributed by atoms with Crippen molar-refractivity contribution < 1.29 is 4.74 Å². The molecule has 1 aromatic heterocycles. The number of nitrogens with zero attached hydrogens (tertiary/aromatic N) is 2. The lowest BCUT2D eigenvalue weighted by atomic mass is 10.1. The molecule has 1 N–H and O–H groups in total. The van der Waals surface area contributed by atoms with E-state index in [0.717, 1.165) is 49.5 Å². The second-order valence-electron chi connectivity index (χ2n) is 5.32. The molecule has 0 radical (unpaired) electrons. The smallest absolute Gasteiger partial charge is 0.165 e. The molecule has 4 nitrogen and oxygen atoms in total. The van der Waals surface area contributed by atoms with Crippen LogP contribution in [0.15, 0.2) is 30.6 Å². The van der Waals surface area contributed by atoms with Gasteiger partial charge in [-0.25, -0.2) is 0 Å². The molecule has 0 atom stereocenters. The first-order valence-electron chi connectivity index (χ1n) is 7.73. The zero-order valence-corrected chi connectivity index (χ0v) is 13.2. The predicted octanol–water partition coefficient (Wildman–Crippen LogP) is 3.89. The molecule has 0 aliphatic heterocycles. The molecule has 0 saturated heterocycles. The molecule has 0 aliphatic carbocycles. The van der Waals surface area contributed by atoms with Gasteiger partial charge < -0.3 is 10.1 Å². The fraction of sp³-hybridized carbons (Fsp3) is 0.471. The van der Waals surface area contributed by atoms with Gasteiger partial charge in [-0.1, -0.05) is 26.0 Å². The summed E-state index contributed by atoms with van der Waals surface area (Å²) in [4.78, 5) is 0. The van der Waals surface area contributed by atoms with Crippen molar-refractivity contribution in [1.29, 1.82) is 0 Å². The summed E-state index contributed by atoms with van der Waals surface area (Å²) in [6.45, 7) is 9.27. The normalized spacial score (nSPS) is 10.8. The molecule has 4 heteroatoms. The number of rotatable bonds is 8.